The Morgan fingerprint density at radius 2 is 1.05 bits per heavy atom. The molecule has 0 bridgehead atoms. The first-order valence-electron chi connectivity index (χ1n) is 14.4. The van der Waals surface area contributed by atoms with E-state index in [2.05, 4.69) is 9.98 Å². The van der Waals surface area contributed by atoms with Crippen molar-refractivity contribution in [1.29, 1.82) is 0 Å². The van der Waals surface area contributed by atoms with Gasteiger partial charge in [-0.3, -0.25) is 19.6 Å². The molecule has 0 unspecified atom stereocenters. The molecule has 4 aliphatic rings. The van der Waals surface area contributed by atoms with Crippen LogP contribution < -0.4 is 18.9 Å². The molecule has 0 N–H and O–H groups in total. The van der Waals surface area contributed by atoms with Gasteiger partial charge in [-0.25, -0.2) is 0 Å². The molecule has 4 atom stereocenters. The van der Waals surface area contributed by atoms with Crippen molar-refractivity contribution in [3.05, 3.63) is 35.4 Å². The summed E-state index contributed by atoms with van der Waals surface area (Å²) in [5, 5.41) is 0. The lowest BCUT2D eigenvalue weighted by Crippen LogP contribution is -2.41. The molecule has 4 heterocycles. The number of benzene rings is 2. The molecule has 2 amide bonds. The van der Waals surface area contributed by atoms with Crippen LogP contribution in [0.15, 0.2) is 34.3 Å². The van der Waals surface area contributed by atoms with E-state index in [0.717, 1.165) is 12.8 Å². The summed E-state index contributed by atoms with van der Waals surface area (Å²) in [4.78, 5) is 39.6. The van der Waals surface area contributed by atoms with Gasteiger partial charge in [0.1, 0.15) is 0 Å². The molecule has 2 saturated heterocycles. The molecular formula is C31H36N4O8. The van der Waals surface area contributed by atoms with Gasteiger partial charge in [-0.2, -0.15) is 0 Å². The van der Waals surface area contributed by atoms with E-state index in [1.807, 2.05) is 0 Å². The van der Waals surface area contributed by atoms with Gasteiger partial charge in [0.05, 0.1) is 75.2 Å². The van der Waals surface area contributed by atoms with Crippen molar-refractivity contribution in [2.45, 2.75) is 43.6 Å². The largest absolute Gasteiger partial charge is 0.493 e. The van der Waals surface area contributed by atoms with Crippen LogP contribution in [0.1, 0.15) is 40.0 Å². The Kier molecular flexibility index (Phi) is 8.22. The van der Waals surface area contributed by atoms with Crippen molar-refractivity contribution in [2.75, 3.05) is 54.7 Å². The Morgan fingerprint density at radius 1 is 0.651 bits per heavy atom. The lowest BCUT2D eigenvalue weighted by molar-refractivity contribution is 0.00710. The average Bonchev–Trinajstić information content (AvgIpc) is 3.57. The van der Waals surface area contributed by atoms with Gasteiger partial charge in [0.2, 0.25) is 0 Å². The van der Waals surface area contributed by atoms with Crippen LogP contribution >= 0.6 is 0 Å². The highest BCUT2D eigenvalue weighted by Gasteiger charge is 2.41. The van der Waals surface area contributed by atoms with Crippen LogP contribution in [0.3, 0.4) is 0 Å². The standard InChI is InChI=1S/C31H36N4O8/c1-38-26-12-18-20(14-28(26)40-3)32-16-22-24(6-8-34(22)30(18)36)42-10-5-11-43-25-7-9-35-23(25)17-33-21-15-29(41-4)27(39-2)13-19(21)31(35)37/h12-17,22-25H,5-11H2,1-4H3/t22-,23-,24+,25+/m1/s1. The average molecular weight is 593 g/mol. The van der Waals surface area contributed by atoms with Crippen molar-refractivity contribution in [3.63, 3.8) is 0 Å². The number of ether oxygens (including phenoxy) is 6. The van der Waals surface area contributed by atoms with E-state index in [-0.39, 0.29) is 36.1 Å². The fraction of sp³-hybridized carbons (Fsp3) is 0.484. The third-order valence-corrected chi connectivity index (χ3v) is 8.46. The van der Waals surface area contributed by atoms with Crippen molar-refractivity contribution in [2.24, 2.45) is 9.98 Å². The first kappa shape index (κ1) is 28.9. The van der Waals surface area contributed by atoms with E-state index in [4.69, 9.17) is 28.4 Å². The minimum atomic E-state index is -0.256. The molecule has 12 nitrogen and oxygen atoms in total. The molecule has 228 valence electrons. The van der Waals surface area contributed by atoms with E-state index in [0.29, 0.717) is 78.2 Å². The Hall–Kier alpha value is -4.16. The zero-order valence-electron chi connectivity index (χ0n) is 24.8. The monoisotopic (exact) mass is 592 g/mol. The zero-order valence-corrected chi connectivity index (χ0v) is 24.8. The number of methoxy groups -OCH3 is 4. The quantitative estimate of drug-likeness (QED) is 0.385. The van der Waals surface area contributed by atoms with Crippen LogP contribution in [-0.2, 0) is 9.47 Å². The van der Waals surface area contributed by atoms with Gasteiger partial charge >= 0.3 is 0 Å². The molecule has 0 aromatic heterocycles. The number of carbonyl (C=O) groups excluding carboxylic acids is 2. The van der Waals surface area contributed by atoms with Crippen LogP contribution in [0.4, 0.5) is 11.4 Å². The fourth-order valence-corrected chi connectivity index (χ4v) is 6.21. The minimum absolute atomic E-state index is 0.0997. The van der Waals surface area contributed by atoms with Crippen LogP contribution in [0.2, 0.25) is 0 Å². The number of aliphatic imine (C=N–C) groups is 2. The summed E-state index contributed by atoms with van der Waals surface area (Å²) in [7, 11) is 6.20. The Bertz CT molecular complexity index is 1350. The second-order valence-electron chi connectivity index (χ2n) is 10.7. The van der Waals surface area contributed by atoms with E-state index in [9.17, 15) is 9.59 Å². The molecule has 4 aliphatic heterocycles. The Balaban J connectivity index is 1.03. The van der Waals surface area contributed by atoms with Gasteiger partial charge < -0.3 is 38.2 Å². The number of nitrogens with zero attached hydrogens (tertiary/aromatic N) is 4. The normalized spacial score (nSPS) is 23.7. The summed E-state index contributed by atoms with van der Waals surface area (Å²) in [6.07, 6.45) is 5.39. The maximum Gasteiger partial charge on any atom is 0.256 e. The lowest BCUT2D eigenvalue weighted by atomic mass is 10.1. The van der Waals surface area contributed by atoms with Gasteiger partial charge in [0, 0.05) is 50.9 Å². The molecule has 0 saturated carbocycles. The van der Waals surface area contributed by atoms with Crippen molar-refractivity contribution in [1.82, 2.24) is 9.80 Å². The first-order valence-corrected chi connectivity index (χ1v) is 14.4. The molecule has 0 radical (unpaired) electrons. The van der Waals surface area contributed by atoms with Crippen molar-refractivity contribution < 1.29 is 38.0 Å². The molecule has 0 spiro atoms. The minimum Gasteiger partial charge on any atom is -0.493 e. The molecule has 2 aromatic rings. The van der Waals surface area contributed by atoms with Crippen molar-refractivity contribution in [3.8, 4) is 23.0 Å². The number of rotatable bonds is 10. The number of fused-ring (bicyclic) bond motifs is 4. The highest BCUT2D eigenvalue weighted by molar-refractivity contribution is 6.04. The van der Waals surface area contributed by atoms with Crippen LogP contribution in [0.5, 0.6) is 23.0 Å². The van der Waals surface area contributed by atoms with E-state index in [1.165, 1.54) is 0 Å². The van der Waals surface area contributed by atoms with Gasteiger partial charge in [-0.1, -0.05) is 0 Å². The first-order chi connectivity index (χ1) is 21.0. The van der Waals surface area contributed by atoms with Crippen LogP contribution in [0, 0.1) is 0 Å². The van der Waals surface area contributed by atoms with E-state index < -0.39 is 0 Å². The maximum absolute atomic E-state index is 13.4. The molecule has 6 rings (SSSR count). The summed E-state index contributed by atoms with van der Waals surface area (Å²) in [5.41, 5.74) is 2.07. The smallest absolute Gasteiger partial charge is 0.256 e. The number of amides is 2. The van der Waals surface area contributed by atoms with Gasteiger partial charge in [-0.05, 0) is 31.4 Å². The Morgan fingerprint density at radius 3 is 1.44 bits per heavy atom. The highest BCUT2D eigenvalue weighted by Crippen LogP contribution is 2.39. The van der Waals surface area contributed by atoms with Gasteiger partial charge in [0.25, 0.3) is 11.8 Å². The topological polar surface area (TPSA) is 121 Å². The fourth-order valence-electron chi connectivity index (χ4n) is 6.21. The molecule has 0 aliphatic carbocycles. The van der Waals surface area contributed by atoms with E-state index in [1.54, 1.807) is 74.9 Å². The number of hydrogen-bond donors (Lipinski definition) is 0. The second-order valence-corrected chi connectivity index (χ2v) is 10.7. The molecule has 12 heteroatoms. The number of carbonyl (C=O) groups is 2. The predicted octanol–water partition coefficient (Wildman–Crippen LogP) is 3.44. The van der Waals surface area contributed by atoms with Crippen molar-refractivity contribution >= 4 is 35.6 Å². The lowest BCUT2D eigenvalue weighted by Gasteiger charge is -2.24. The van der Waals surface area contributed by atoms with Gasteiger partial charge in [-0.15, -0.1) is 0 Å². The van der Waals surface area contributed by atoms with Crippen LogP contribution in [0.25, 0.3) is 0 Å². The summed E-state index contributed by atoms with van der Waals surface area (Å²) in [6.45, 7) is 2.12. The van der Waals surface area contributed by atoms with E-state index >= 15 is 0 Å². The van der Waals surface area contributed by atoms with Gasteiger partial charge in [0.15, 0.2) is 23.0 Å². The third kappa shape index (κ3) is 5.29. The molecule has 2 aromatic carbocycles. The maximum atomic E-state index is 13.4. The molecule has 2 fully saturated rings. The SMILES string of the molecule is COc1cc2c(cc1OC)C(=O)N1CC[C@H](OCCCO[C@H]3CCN4C(=O)c5cc(OC)c(OC)cc5N=C[C@H]34)[C@H]1C=N2. The highest BCUT2D eigenvalue weighted by atomic mass is 16.5. The summed E-state index contributed by atoms with van der Waals surface area (Å²) < 4.78 is 34.0. The second kappa shape index (κ2) is 12.2. The number of hydrogen-bond acceptors (Lipinski definition) is 10. The molecular weight excluding hydrogens is 556 g/mol. The third-order valence-electron chi connectivity index (χ3n) is 8.46. The predicted molar refractivity (Wildman–Crippen MR) is 158 cm³/mol. The zero-order chi connectivity index (χ0) is 30.1. The molecule has 43 heavy (non-hydrogen) atoms. The van der Waals surface area contributed by atoms with Crippen LogP contribution in [-0.4, -0.2) is 113 Å². The Labute approximate surface area is 250 Å². The summed E-state index contributed by atoms with van der Waals surface area (Å²) in [5.74, 6) is 1.83. The summed E-state index contributed by atoms with van der Waals surface area (Å²) in [6, 6.07) is 6.30. The summed E-state index contributed by atoms with van der Waals surface area (Å²) >= 11 is 0.